The minimum Gasteiger partial charge on any atom is -0.464 e. The van der Waals surface area contributed by atoms with Crippen molar-refractivity contribution in [2.24, 2.45) is 0 Å². The fourth-order valence-electron chi connectivity index (χ4n) is 2.15. The van der Waals surface area contributed by atoms with Crippen molar-refractivity contribution in [2.45, 2.75) is 38.4 Å². The van der Waals surface area contributed by atoms with Gasteiger partial charge in [0.2, 0.25) is 0 Å². The molecule has 3 nitrogen and oxygen atoms in total. The van der Waals surface area contributed by atoms with Gasteiger partial charge in [0, 0.05) is 6.42 Å². The van der Waals surface area contributed by atoms with E-state index in [1.807, 2.05) is 32.0 Å². The second kappa shape index (κ2) is 4.88. The van der Waals surface area contributed by atoms with Gasteiger partial charge >= 0.3 is 5.97 Å². The molecule has 92 valence electrons. The second-order valence-corrected chi connectivity index (χ2v) is 4.33. The molecule has 1 aliphatic heterocycles. The number of carbonyl (C=O) groups excluding carboxylic acids is 1. The van der Waals surface area contributed by atoms with Crippen LogP contribution in [0.25, 0.3) is 0 Å². The van der Waals surface area contributed by atoms with Crippen molar-refractivity contribution in [1.29, 1.82) is 0 Å². The molecule has 0 saturated carbocycles. The first-order valence-electron chi connectivity index (χ1n) is 6.10. The average Bonchev–Trinajstić information content (AvgIpc) is 3.06. The summed E-state index contributed by atoms with van der Waals surface area (Å²) in [6.07, 6.45) is 1.21. The first-order chi connectivity index (χ1) is 8.22. The van der Waals surface area contributed by atoms with E-state index < -0.39 is 0 Å². The van der Waals surface area contributed by atoms with Gasteiger partial charge in [0.25, 0.3) is 0 Å². The number of epoxide rings is 1. The van der Waals surface area contributed by atoms with E-state index >= 15 is 0 Å². The van der Waals surface area contributed by atoms with Crippen LogP contribution in [-0.2, 0) is 20.7 Å². The molecule has 0 aromatic heterocycles. The maximum Gasteiger partial charge on any atom is 0.338 e. The SMILES string of the molecule is CCOC(=O)C1OC1(CC)Cc1ccccc1. The molecule has 17 heavy (non-hydrogen) atoms. The molecule has 0 amide bonds. The summed E-state index contributed by atoms with van der Waals surface area (Å²) in [5, 5.41) is 0. The summed E-state index contributed by atoms with van der Waals surface area (Å²) in [6.45, 7) is 4.26. The molecule has 1 heterocycles. The summed E-state index contributed by atoms with van der Waals surface area (Å²) in [5.41, 5.74) is 0.856. The fourth-order valence-corrected chi connectivity index (χ4v) is 2.15. The van der Waals surface area contributed by atoms with Gasteiger partial charge in [-0.1, -0.05) is 37.3 Å². The zero-order valence-electron chi connectivity index (χ0n) is 10.3. The molecule has 1 aromatic rings. The molecule has 0 bridgehead atoms. The van der Waals surface area contributed by atoms with E-state index in [-0.39, 0.29) is 17.7 Å². The summed E-state index contributed by atoms with van der Waals surface area (Å²) in [4.78, 5) is 11.6. The molecular weight excluding hydrogens is 216 g/mol. The minimum absolute atomic E-state index is 0.231. The van der Waals surface area contributed by atoms with Crippen LogP contribution in [0.1, 0.15) is 25.8 Å². The fraction of sp³-hybridized carbons (Fsp3) is 0.500. The first kappa shape index (κ1) is 12.1. The number of benzene rings is 1. The van der Waals surface area contributed by atoms with E-state index in [9.17, 15) is 4.79 Å². The Kier molecular flexibility index (Phi) is 3.48. The zero-order chi connectivity index (χ0) is 12.3. The smallest absolute Gasteiger partial charge is 0.338 e. The van der Waals surface area contributed by atoms with E-state index in [2.05, 4.69) is 12.1 Å². The molecule has 0 radical (unpaired) electrons. The summed E-state index contributed by atoms with van der Waals surface area (Å²) in [6, 6.07) is 10.1. The average molecular weight is 234 g/mol. The molecular formula is C14H18O3. The van der Waals surface area contributed by atoms with Crippen molar-refractivity contribution in [3.8, 4) is 0 Å². The normalized spacial score (nSPS) is 26.6. The van der Waals surface area contributed by atoms with Crippen LogP contribution in [0.15, 0.2) is 30.3 Å². The molecule has 1 aliphatic rings. The third kappa shape index (κ3) is 2.50. The Morgan fingerprint density at radius 2 is 2.06 bits per heavy atom. The van der Waals surface area contributed by atoms with Crippen LogP contribution in [0.5, 0.6) is 0 Å². The van der Waals surface area contributed by atoms with Crippen LogP contribution in [-0.4, -0.2) is 24.3 Å². The molecule has 1 aromatic carbocycles. The number of carbonyl (C=O) groups is 1. The van der Waals surface area contributed by atoms with Crippen LogP contribution in [0.3, 0.4) is 0 Å². The number of hydrogen-bond donors (Lipinski definition) is 0. The maximum atomic E-state index is 11.6. The number of rotatable bonds is 5. The van der Waals surface area contributed by atoms with Crippen LogP contribution in [0.4, 0.5) is 0 Å². The summed E-state index contributed by atoms with van der Waals surface area (Å²) >= 11 is 0. The van der Waals surface area contributed by atoms with Crippen LogP contribution >= 0.6 is 0 Å². The van der Waals surface area contributed by atoms with Gasteiger partial charge in [0.1, 0.15) is 5.60 Å². The Morgan fingerprint density at radius 1 is 1.35 bits per heavy atom. The largest absolute Gasteiger partial charge is 0.464 e. The third-order valence-corrected chi connectivity index (χ3v) is 3.22. The Morgan fingerprint density at radius 3 is 2.65 bits per heavy atom. The van der Waals surface area contributed by atoms with Gasteiger partial charge < -0.3 is 9.47 Å². The van der Waals surface area contributed by atoms with Crippen LogP contribution < -0.4 is 0 Å². The van der Waals surface area contributed by atoms with Gasteiger partial charge in [0.15, 0.2) is 6.10 Å². The van der Waals surface area contributed by atoms with Gasteiger partial charge in [-0.15, -0.1) is 0 Å². The summed E-state index contributed by atoms with van der Waals surface area (Å²) in [7, 11) is 0. The van der Waals surface area contributed by atoms with Crippen molar-refractivity contribution in [2.75, 3.05) is 6.61 Å². The van der Waals surface area contributed by atoms with E-state index in [1.54, 1.807) is 0 Å². The van der Waals surface area contributed by atoms with Crippen molar-refractivity contribution in [1.82, 2.24) is 0 Å². The maximum absolute atomic E-state index is 11.6. The van der Waals surface area contributed by atoms with E-state index in [0.29, 0.717) is 6.61 Å². The first-order valence-corrected chi connectivity index (χ1v) is 6.10. The number of hydrogen-bond acceptors (Lipinski definition) is 3. The molecule has 3 heteroatoms. The highest BCUT2D eigenvalue weighted by molar-refractivity contribution is 5.79. The van der Waals surface area contributed by atoms with Crippen molar-refractivity contribution >= 4 is 5.97 Å². The van der Waals surface area contributed by atoms with Crippen molar-refractivity contribution < 1.29 is 14.3 Å². The van der Waals surface area contributed by atoms with Crippen LogP contribution in [0, 0.1) is 0 Å². The molecule has 1 fully saturated rings. The van der Waals surface area contributed by atoms with Gasteiger partial charge in [-0.05, 0) is 18.9 Å². The predicted octanol–water partition coefficient (Wildman–Crippen LogP) is 2.34. The Hall–Kier alpha value is -1.35. The molecule has 2 rings (SSSR count). The number of ether oxygens (including phenoxy) is 2. The van der Waals surface area contributed by atoms with E-state index in [0.717, 1.165) is 12.8 Å². The highest BCUT2D eigenvalue weighted by atomic mass is 16.7. The summed E-state index contributed by atoms with van der Waals surface area (Å²) < 4.78 is 10.6. The van der Waals surface area contributed by atoms with Crippen molar-refractivity contribution in [3.05, 3.63) is 35.9 Å². The quantitative estimate of drug-likeness (QED) is 0.580. The number of esters is 1. The molecule has 0 N–H and O–H groups in total. The Balaban J connectivity index is 2.02. The van der Waals surface area contributed by atoms with E-state index in [4.69, 9.17) is 9.47 Å². The van der Waals surface area contributed by atoms with Gasteiger partial charge in [-0.25, -0.2) is 4.79 Å². The topological polar surface area (TPSA) is 38.8 Å². The molecule has 1 saturated heterocycles. The summed E-state index contributed by atoms with van der Waals surface area (Å²) in [5.74, 6) is -0.231. The van der Waals surface area contributed by atoms with Crippen molar-refractivity contribution in [3.63, 3.8) is 0 Å². The standard InChI is InChI=1S/C14H18O3/c1-3-14(10-11-8-6-5-7-9-11)12(17-14)13(15)16-4-2/h5-9,12H,3-4,10H2,1-2H3. The predicted molar refractivity (Wildman–Crippen MR) is 64.7 cm³/mol. The van der Waals surface area contributed by atoms with Gasteiger partial charge in [-0.3, -0.25) is 0 Å². The third-order valence-electron chi connectivity index (χ3n) is 3.22. The minimum atomic E-state index is -0.382. The molecule has 2 unspecified atom stereocenters. The highest BCUT2D eigenvalue weighted by Gasteiger charge is 2.60. The molecule has 0 spiro atoms. The van der Waals surface area contributed by atoms with Crippen LogP contribution in [0.2, 0.25) is 0 Å². The van der Waals surface area contributed by atoms with Gasteiger partial charge in [-0.2, -0.15) is 0 Å². The highest BCUT2D eigenvalue weighted by Crippen LogP contribution is 2.43. The zero-order valence-corrected chi connectivity index (χ0v) is 10.3. The molecule has 2 atom stereocenters. The van der Waals surface area contributed by atoms with Gasteiger partial charge in [0.05, 0.1) is 6.61 Å². The molecule has 0 aliphatic carbocycles. The lowest BCUT2D eigenvalue weighted by Gasteiger charge is -2.09. The monoisotopic (exact) mass is 234 g/mol. The second-order valence-electron chi connectivity index (χ2n) is 4.33. The lowest BCUT2D eigenvalue weighted by molar-refractivity contribution is -0.144. The Bertz CT molecular complexity index is 388. The lowest BCUT2D eigenvalue weighted by Crippen LogP contribution is -2.24. The Labute approximate surface area is 102 Å². The van der Waals surface area contributed by atoms with E-state index in [1.165, 1.54) is 5.56 Å². The lowest BCUT2D eigenvalue weighted by atomic mass is 9.93.